The molecule has 6 heteroatoms. The van der Waals surface area contributed by atoms with Gasteiger partial charge < -0.3 is 4.74 Å². The highest BCUT2D eigenvalue weighted by Crippen LogP contribution is 2.13. The van der Waals surface area contributed by atoms with Gasteiger partial charge in [-0.1, -0.05) is 30.3 Å². The minimum absolute atomic E-state index is 0.398. The highest BCUT2D eigenvalue weighted by molar-refractivity contribution is 7.98. The van der Waals surface area contributed by atoms with Gasteiger partial charge in [0.15, 0.2) is 0 Å². The van der Waals surface area contributed by atoms with E-state index in [1.54, 1.807) is 11.8 Å². The van der Waals surface area contributed by atoms with E-state index in [9.17, 15) is 9.59 Å². The molecule has 1 atom stereocenters. The van der Waals surface area contributed by atoms with Crippen molar-refractivity contribution < 1.29 is 14.3 Å². The fraction of sp³-hybridized carbons (Fsp3) is 0.333. The Morgan fingerprint density at radius 2 is 2.17 bits per heavy atom. The van der Waals surface area contributed by atoms with Crippen molar-refractivity contribution in [2.75, 3.05) is 12.9 Å². The molecular formula is C12H16N2O3S. The Kier molecular flexibility index (Phi) is 6.90. The van der Waals surface area contributed by atoms with Crippen LogP contribution in [0, 0.1) is 0 Å². The first-order valence-corrected chi connectivity index (χ1v) is 6.57. The van der Waals surface area contributed by atoms with Crippen molar-refractivity contribution >= 4 is 24.1 Å². The number of esters is 1. The summed E-state index contributed by atoms with van der Waals surface area (Å²) >= 11 is 1.59. The normalized spacial score (nSPS) is 11.6. The van der Waals surface area contributed by atoms with E-state index in [0.717, 1.165) is 5.75 Å². The number of carbonyl (C=O) groups excluding carboxylic acids is 2. The number of rotatable bonds is 8. The molecule has 5 nitrogen and oxygen atoms in total. The minimum atomic E-state index is -0.547. The lowest BCUT2D eigenvalue weighted by molar-refractivity contribution is -0.142. The highest BCUT2D eigenvalue weighted by atomic mass is 32.2. The molecule has 1 unspecified atom stereocenters. The summed E-state index contributed by atoms with van der Waals surface area (Å²) in [4.78, 5) is 21.6. The zero-order valence-electron chi connectivity index (χ0n) is 10.1. The number of hydrazine groups is 1. The van der Waals surface area contributed by atoms with Gasteiger partial charge >= 0.3 is 5.97 Å². The Morgan fingerprint density at radius 3 is 2.78 bits per heavy atom. The van der Waals surface area contributed by atoms with E-state index in [1.165, 1.54) is 12.7 Å². The smallest absolute Gasteiger partial charge is 0.325 e. The second-order valence-electron chi connectivity index (χ2n) is 3.48. The SMILES string of the molecule is COC(=O)C(CSCc1ccccc1)NNC=O. The first kappa shape index (κ1) is 14.5. The molecule has 1 amide bonds. The van der Waals surface area contributed by atoms with Crippen molar-refractivity contribution in [3.05, 3.63) is 35.9 Å². The molecule has 2 N–H and O–H groups in total. The largest absolute Gasteiger partial charge is 0.468 e. The van der Waals surface area contributed by atoms with Gasteiger partial charge in [-0.15, -0.1) is 0 Å². The summed E-state index contributed by atoms with van der Waals surface area (Å²) in [6, 6.07) is 9.41. The third-order valence-corrected chi connectivity index (χ3v) is 3.30. The van der Waals surface area contributed by atoms with Gasteiger partial charge in [0.1, 0.15) is 6.04 Å². The van der Waals surface area contributed by atoms with Crippen LogP contribution in [0.1, 0.15) is 5.56 Å². The third kappa shape index (κ3) is 5.20. The molecule has 1 aromatic rings. The maximum atomic E-state index is 11.4. The summed E-state index contributed by atoms with van der Waals surface area (Å²) < 4.78 is 4.64. The van der Waals surface area contributed by atoms with Crippen LogP contribution < -0.4 is 10.9 Å². The molecule has 0 radical (unpaired) electrons. The van der Waals surface area contributed by atoms with Crippen molar-refractivity contribution in [2.24, 2.45) is 0 Å². The van der Waals surface area contributed by atoms with Crippen molar-refractivity contribution in [1.29, 1.82) is 0 Å². The molecule has 0 aliphatic heterocycles. The lowest BCUT2D eigenvalue weighted by atomic mass is 10.2. The topological polar surface area (TPSA) is 67.4 Å². The number of nitrogens with one attached hydrogen (secondary N) is 2. The molecule has 0 saturated heterocycles. The quantitative estimate of drug-likeness (QED) is 0.413. The third-order valence-electron chi connectivity index (χ3n) is 2.20. The van der Waals surface area contributed by atoms with E-state index in [0.29, 0.717) is 12.2 Å². The van der Waals surface area contributed by atoms with Gasteiger partial charge in [0, 0.05) is 11.5 Å². The van der Waals surface area contributed by atoms with Gasteiger partial charge in [-0.05, 0) is 5.56 Å². The summed E-state index contributed by atoms with van der Waals surface area (Å²) in [5.41, 5.74) is 6.05. The minimum Gasteiger partial charge on any atom is -0.468 e. The predicted octanol–water partition coefficient (Wildman–Crippen LogP) is 0.712. The van der Waals surface area contributed by atoms with E-state index < -0.39 is 12.0 Å². The fourth-order valence-corrected chi connectivity index (χ4v) is 2.32. The van der Waals surface area contributed by atoms with Gasteiger partial charge in [0.25, 0.3) is 0 Å². The Morgan fingerprint density at radius 1 is 1.44 bits per heavy atom. The number of thioether (sulfide) groups is 1. The predicted molar refractivity (Wildman–Crippen MR) is 70.7 cm³/mol. The van der Waals surface area contributed by atoms with E-state index in [1.807, 2.05) is 30.3 Å². The lowest BCUT2D eigenvalue weighted by Crippen LogP contribution is -2.47. The number of carbonyl (C=O) groups is 2. The first-order chi connectivity index (χ1) is 8.77. The maximum absolute atomic E-state index is 11.4. The average Bonchev–Trinajstić information content (AvgIpc) is 2.43. The number of methoxy groups -OCH3 is 1. The Bertz CT molecular complexity index is 373. The van der Waals surface area contributed by atoms with Crippen LogP contribution in [-0.2, 0) is 20.1 Å². The molecule has 98 valence electrons. The zero-order valence-corrected chi connectivity index (χ0v) is 10.9. The zero-order chi connectivity index (χ0) is 13.2. The molecule has 0 aromatic heterocycles. The van der Waals surface area contributed by atoms with Crippen molar-refractivity contribution in [2.45, 2.75) is 11.8 Å². The monoisotopic (exact) mass is 268 g/mol. The van der Waals surface area contributed by atoms with Crippen LogP contribution in [-0.4, -0.2) is 31.3 Å². The Balaban J connectivity index is 2.37. The number of benzene rings is 1. The van der Waals surface area contributed by atoms with E-state index in [2.05, 4.69) is 15.6 Å². The molecule has 0 spiro atoms. The summed E-state index contributed by atoms with van der Waals surface area (Å²) in [5.74, 6) is 0.921. The first-order valence-electron chi connectivity index (χ1n) is 5.42. The van der Waals surface area contributed by atoms with Gasteiger partial charge in [-0.2, -0.15) is 11.8 Å². The summed E-state index contributed by atoms with van der Waals surface area (Å²) in [6.45, 7) is 0. The number of ether oxygens (including phenoxy) is 1. The van der Waals surface area contributed by atoms with Gasteiger partial charge in [-0.25, -0.2) is 5.43 Å². The summed E-state index contributed by atoms with van der Waals surface area (Å²) in [7, 11) is 1.32. The lowest BCUT2D eigenvalue weighted by Gasteiger charge is -2.14. The van der Waals surface area contributed by atoms with E-state index in [-0.39, 0.29) is 0 Å². The van der Waals surface area contributed by atoms with Crippen LogP contribution in [0.4, 0.5) is 0 Å². The molecule has 0 bridgehead atoms. The molecular weight excluding hydrogens is 252 g/mol. The van der Waals surface area contributed by atoms with Crippen LogP contribution in [0.5, 0.6) is 0 Å². The number of amides is 1. The maximum Gasteiger partial charge on any atom is 0.325 e. The van der Waals surface area contributed by atoms with Crippen molar-refractivity contribution in [3.8, 4) is 0 Å². The second kappa shape index (κ2) is 8.54. The molecule has 1 rings (SSSR count). The molecule has 0 saturated carbocycles. The van der Waals surface area contributed by atoms with Gasteiger partial charge in [0.05, 0.1) is 7.11 Å². The molecule has 0 fully saturated rings. The summed E-state index contributed by atoms with van der Waals surface area (Å²) in [6.07, 6.45) is 0.484. The standard InChI is InChI=1S/C12H16N2O3S/c1-17-12(16)11(14-13-9-15)8-18-7-10-5-3-2-4-6-10/h2-6,9,11,14H,7-8H2,1H3,(H,13,15). The van der Waals surface area contributed by atoms with Gasteiger partial charge in [-0.3, -0.25) is 15.0 Å². The molecule has 0 aliphatic carbocycles. The highest BCUT2D eigenvalue weighted by Gasteiger charge is 2.18. The molecule has 0 heterocycles. The van der Waals surface area contributed by atoms with Crippen LogP contribution in [0.3, 0.4) is 0 Å². The van der Waals surface area contributed by atoms with Crippen molar-refractivity contribution in [1.82, 2.24) is 10.9 Å². The molecule has 18 heavy (non-hydrogen) atoms. The molecule has 1 aromatic carbocycles. The van der Waals surface area contributed by atoms with Crippen LogP contribution in [0.2, 0.25) is 0 Å². The van der Waals surface area contributed by atoms with Crippen LogP contribution >= 0.6 is 11.8 Å². The second-order valence-corrected chi connectivity index (χ2v) is 4.51. The van der Waals surface area contributed by atoms with Crippen molar-refractivity contribution in [3.63, 3.8) is 0 Å². The summed E-state index contributed by atoms with van der Waals surface area (Å²) in [5, 5.41) is 0. The average molecular weight is 268 g/mol. The van der Waals surface area contributed by atoms with Crippen LogP contribution in [0.25, 0.3) is 0 Å². The van der Waals surface area contributed by atoms with E-state index >= 15 is 0 Å². The molecule has 0 aliphatic rings. The number of hydrogen-bond acceptors (Lipinski definition) is 5. The van der Waals surface area contributed by atoms with Crippen LogP contribution in [0.15, 0.2) is 30.3 Å². The van der Waals surface area contributed by atoms with Gasteiger partial charge in [0.2, 0.25) is 6.41 Å². The fourth-order valence-electron chi connectivity index (χ4n) is 1.31. The Hall–Kier alpha value is -1.53. The number of hydrogen-bond donors (Lipinski definition) is 2. The van der Waals surface area contributed by atoms with E-state index in [4.69, 9.17) is 0 Å². The Labute approximate surface area is 110 Å².